The minimum atomic E-state index is -4.38. The van der Waals surface area contributed by atoms with Crippen LogP contribution in [0.5, 0.6) is 5.75 Å². The summed E-state index contributed by atoms with van der Waals surface area (Å²) in [6.45, 7) is 5.73. The summed E-state index contributed by atoms with van der Waals surface area (Å²) in [5.41, 5.74) is 2.22. The number of alkyl halides is 3. The van der Waals surface area contributed by atoms with Crippen molar-refractivity contribution >= 4 is 0 Å². The van der Waals surface area contributed by atoms with Gasteiger partial charge in [0.1, 0.15) is 11.9 Å². The average Bonchev–Trinajstić information content (AvgIpc) is 3.37. The Morgan fingerprint density at radius 1 is 1.12 bits per heavy atom. The second kappa shape index (κ2) is 6.34. The fourth-order valence-corrected chi connectivity index (χ4v) is 2.69. The lowest BCUT2D eigenvalue weighted by Crippen LogP contribution is -2.10. The molecule has 0 aliphatic heterocycles. The molecule has 0 heterocycles. The summed E-state index contributed by atoms with van der Waals surface area (Å²) in [6, 6.07) is 13.0. The molecule has 0 bridgehead atoms. The van der Waals surface area contributed by atoms with Gasteiger partial charge in [0, 0.05) is 0 Å². The highest BCUT2D eigenvalue weighted by atomic mass is 19.4. The third kappa shape index (κ3) is 3.81. The maximum atomic E-state index is 12.8. The molecule has 1 aliphatic rings. The molecule has 1 atom stereocenters. The second-order valence-electron chi connectivity index (χ2n) is 6.31. The van der Waals surface area contributed by atoms with E-state index in [4.69, 9.17) is 4.74 Å². The van der Waals surface area contributed by atoms with Crippen LogP contribution in [0.1, 0.15) is 48.5 Å². The molecule has 1 saturated carbocycles. The summed E-state index contributed by atoms with van der Waals surface area (Å²) in [7, 11) is 0. The van der Waals surface area contributed by atoms with Gasteiger partial charge in [-0.3, -0.25) is 0 Å². The van der Waals surface area contributed by atoms with Gasteiger partial charge in [0.05, 0.1) is 5.56 Å². The molecule has 3 rings (SSSR count). The van der Waals surface area contributed by atoms with Gasteiger partial charge < -0.3 is 4.74 Å². The van der Waals surface area contributed by atoms with Crippen molar-refractivity contribution in [2.24, 2.45) is 0 Å². The SMILES string of the molecule is C=C(C)C(Oc1cccc(C(F)(F)F)c1)c1ccc(C2CC2)cc1. The third-order valence-corrected chi connectivity index (χ3v) is 4.15. The fraction of sp³-hybridized carbons (Fsp3) is 0.300. The van der Waals surface area contributed by atoms with Crippen LogP contribution < -0.4 is 4.74 Å². The molecule has 1 unspecified atom stereocenters. The van der Waals surface area contributed by atoms with Crippen molar-refractivity contribution in [3.63, 3.8) is 0 Å². The van der Waals surface area contributed by atoms with E-state index in [1.165, 1.54) is 30.5 Å². The highest BCUT2D eigenvalue weighted by molar-refractivity contribution is 5.35. The van der Waals surface area contributed by atoms with Crippen LogP contribution in [0.4, 0.5) is 13.2 Å². The minimum Gasteiger partial charge on any atom is -0.481 e. The van der Waals surface area contributed by atoms with E-state index in [0.29, 0.717) is 5.92 Å². The van der Waals surface area contributed by atoms with E-state index >= 15 is 0 Å². The van der Waals surface area contributed by atoms with Gasteiger partial charge in [-0.2, -0.15) is 13.2 Å². The number of ether oxygens (including phenoxy) is 1. The normalized spacial score (nSPS) is 15.8. The summed E-state index contributed by atoms with van der Waals surface area (Å²) < 4.78 is 44.3. The van der Waals surface area contributed by atoms with Crippen molar-refractivity contribution in [3.05, 3.63) is 77.4 Å². The van der Waals surface area contributed by atoms with Crippen molar-refractivity contribution in [3.8, 4) is 5.75 Å². The lowest BCUT2D eigenvalue weighted by atomic mass is 10.0. The predicted molar refractivity (Wildman–Crippen MR) is 88.0 cm³/mol. The molecule has 126 valence electrons. The molecule has 0 amide bonds. The molecular formula is C20H19F3O. The van der Waals surface area contributed by atoms with Crippen LogP contribution in [0.2, 0.25) is 0 Å². The van der Waals surface area contributed by atoms with Crippen LogP contribution in [-0.4, -0.2) is 0 Å². The van der Waals surface area contributed by atoms with Gasteiger partial charge in [0.2, 0.25) is 0 Å². The van der Waals surface area contributed by atoms with E-state index in [1.54, 1.807) is 0 Å². The van der Waals surface area contributed by atoms with Gasteiger partial charge in [-0.1, -0.05) is 36.9 Å². The van der Waals surface area contributed by atoms with Crippen molar-refractivity contribution in [2.45, 2.75) is 38.0 Å². The molecular weight excluding hydrogens is 313 g/mol. The number of hydrogen-bond acceptors (Lipinski definition) is 1. The van der Waals surface area contributed by atoms with Crippen molar-refractivity contribution in [1.82, 2.24) is 0 Å². The minimum absolute atomic E-state index is 0.184. The van der Waals surface area contributed by atoms with E-state index in [2.05, 4.69) is 18.7 Å². The highest BCUT2D eigenvalue weighted by Crippen LogP contribution is 2.40. The first-order valence-electron chi connectivity index (χ1n) is 7.94. The van der Waals surface area contributed by atoms with Gasteiger partial charge in [0.25, 0.3) is 0 Å². The summed E-state index contributed by atoms with van der Waals surface area (Å²) in [5.74, 6) is 0.843. The standard InChI is InChI=1S/C20H19F3O/c1-13(2)19(16-10-8-15(9-11-16)14-6-7-14)24-18-5-3-4-17(12-18)20(21,22)23/h3-5,8-12,14,19H,1,6-7H2,2H3. The monoisotopic (exact) mass is 332 g/mol. The van der Waals surface area contributed by atoms with Crippen LogP contribution in [0.3, 0.4) is 0 Å². The molecule has 1 aliphatic carbocycles. The largest absolute Gasteiger partial charge is 0.481 e. The first-order valence-corrected chi connectivity index (χ1v) is 7.94. The zero-order valence-electron chi connectivity index (χ0n) is 13.4. The van der Waals surface area contributed by atoms with Crippen LogP contribution in [0.25, 0.3) is 0 Å². The molecule has 0 aromatic heterocycles. The van der Waals surface area contributed by atoms with E-state index in [1.807, 2.05) is 19.1 Å². The van der Waals surface area contributed by atoms with Crippen molar-refractivity contribution < 1.29 is 17.9 Å². The highest BCUT2D eigenvalue weighted by Gasteiger charge is 2.31. The number of halogens is 3. The smallest absolute Gasteiger partial charge is 0.416 e. The molecule has 4 heteroatoms. The van der Waals surface area contributed by atoms with Gasteiger partial charge in [-0.25, -0.2) is 0 Å². The van der Waals surface area contributed by atoms with E-state index in [-0.39, 0.29) is 5.75 Å². The first kappa shape index (κ1) is 16.6. The Hall–Kier alpha value is -2.23. The molecule has 0 N–H and O–H groups in total. The van der Waals surface area contributed by atoms with Crippen molar-refractivity contribution in [2.75, 3.05) is 0 Å². The molecule has 1 nitrogen and oxygen atoms in total. The maximum Gasteiger partial charge on any atom is 0.416 e. The molecule has 0 radical (unpaired) electrons. The number of rotatable bonds is 5. The summed E-state index contributed by atoms with van der Waals surface area (Å²) in [5, 5.41) is 0. The first-order chi connectivity index (χ1) is 11.3. The van der Waals surface area contributed by atoms with Gasteiger partial charge in [-0.05, 0) is 60.6 Å². The van der Waals surface area contributed by atoms with Crippen LogP contribution in [-0.2, 0) is 6.18 Å². The molecule has 0 saturated heterocycles. The Morgan fingerprint density at radius 2 is 1.79 bits per heavy atom. The zero-order valence-corrected chi connectivity index (χ0v) is 13.4. The summed E-state index contributed by atoms with van der Waals surface area (Å²) in [6.07, 6.45) is -2.40. The Morgan fingerprint density at radius 3 is 2.33 bits per heavy atom. The topological polar surface area (TPSA) is 9.23 Å². The van der Waals surface area contributed by atoms with Gasteiger partial charge in [0.15, 0.2) is 0 Å². The molecule has 0 spiro atoms. The average molecular weight is 332 g/mol. The van der Waals surface area contributed by atoms with E-state index < -0.39 is 17.8 Å². The lowest BCUT2D eigenvalue weighted by molar-refractivity contribution is -0.137. The Bertz CT molecular complexity index is 727. The van der Waals surface area contributed by atoms with E-state index in [0.717, 1.165) is 23.3 Å². The molecule has 24 heavy (non-hydrogen) atoms. The molecule has 1 fully saturated rings. The van der Waals surface area contributed by atoms with Crippen LogP contribution in [0, 0.1) is 0 Å². The second-order valence-corrected chi connectivity index (χ2v) is 6.31. The zero-order chi connectivity index (χ0) is 17.3. The van der Waals surface area contributed by atoms with Crippen LogP contribution in [0.15, 0.2) is 60.7 Å². The van der Waals surface area contributed by atoms with Crippen LogP contribution >= 0.6 is 0 Å². The predicted octanol–water partition coefficient (Wildman–Crippen LogP) is 6.28. The van der Waals surface area contributed by atoms with Gasteiger partial charge in [-0.15, -0.1) is 0 Å². The maximum absolute atomic E-state index is 12.8. The molecule has 2 aromatic carbocycles. The Balaban J connectivity index is 1.82. The van der Waals surface area contributed by atoms with Gasteiger partial charge >= 0.3 is 6.18 Å². The lowest BCUT2D eigenvalue weighted by Gasteiger charge is -2.21. The van der Waals surface area contributed by atoms with Crippen molar-refractivity contribution in [1.29, 1.82) is 0 Å². The number of benzene rings is 2. The Kier molecular flexibility index (Phi) is 4.39. The quantitative estimate of drug-likeness (QED) is 0.586. The molecule has 2 aromatic rings. The Labute approximate surface area is 139 Å². The third-order valence-electron chi connectivity index (χ3n) is 4.15. The van der Waals surface area contributed by atoms with E-state index in [9.17, 15) is 13.2 Å². The number of hydrogen-bond donors (Lipinski definition) is 0. The summed E-state index contributed by atoms with van der Waals surface area (Å²) in [4.78, 5) is 0. The summed E-state index contributed by atoms with van der Waals surface area (Å²) >= 11 is 0. The fourth-order valence-electron chi connectivity index (χ4n) is 2.69.